The van der Waals surface area contributed by atoms with Crippen LogP contribution < -0.4 is 0 Å². The smallest absolute Gasteiger partial charge is 0.235 e. The predicted molar refractivity (Wildman–Crippen MR) is 222 cm³/mol. The molecule has 0 saturated heterocycles. The van der Waals surface area contributed by atoms with Gasteiger partial charge in [-0.25, -0.2) is 9.97 Å². The van der Waals surface area contributed by atoms with Crippen LogP contribution in [0.2, 0.25) is 0 Å². The van der Waals surface area contributed by atoms with Crippen LogP contribution in [0.15, 0.2) is 168 Å². The van der Waals surface area contributed by atoms with E-state index in [2.05, 4.69) is 156 Å². The van der Waals surface area contributed by atoms with Crippen LogP contribution >= 0.6 is 11.3 Å². The Morgan fingerprint density at radius 2 is 1.15 bits per heavy atom. The molecule has 0 aliphatic heterocycles. The number of aromatic nitrogens is 3. The molecule has 4 aromatic heterocycles. The summed E-state index contributed by atoms with van der Waals surface area (Å²) in [5.74, 6) is 0.659. The molecule has 0 spiro atoms. The van der Waals surface area contributed by atoms with Gasteiger partial charge in [0.05, 0.1) is 26.9 Å². The highest BCUT2D eigenvalue weighted by Crippen LogP contribution is 2.44. The number of fused-ring (bicyclic) bond motifs is 13. The first-order chi connectivity index (χ1) is 26.3. The molecule has 0 bridgehead atoms. The minimum absolute atomic E-state index is 0.659. The maximum absolute atomic E-state index is 6.48. The number of hydrogen-bond donors (Lipinski definition) is 0. The number of rotatable bonds is 3. The second-order valence-electron chi connectivity index (χ2n) is 13.7. The third-order valence-electron chi connectivity index (χ3n) is 10.8. The summed E-state index contributed by atoms with van der Waals surface area (Å²) < 4.78 is 11.0. The minimum Gasteiger partial charge on any atom is -0.455 e. The molecule has 4 heterocycles. The van der Waals surface area contributed by atoms with E-state index in [1.807, 2.05) is 12.1 Å². The highest BCUT2D eigenvalue weighted by molar-refractivity contribution is 7.26. The van der Waals surface area contributed by atoms with Crippen LogP contribution in [0, 0.1) is 0 Å². The van der Waals surface area contributed by atoms with Crippen molar-refractivity contribution in [2.75, 3.05) is 0 Å². The molecule has 0 saturated carbocycles. The maximum Gasteiger partial charge on any atom is 0.235 e. The molecule has 246 valence electrons. The summed E-state index contributed by atoms with van der Waals surface area (Å²) in [5.41, 5.74) is 9.09. The van der Waals surface area contributed by atoms with Gasteiger partial charge in [-0.05, 0) is 57.4 Å². The van der Waals surface area contributed by atoms with Gasteiger partial charge in [-0.3, -0.25) is 4.57 Å². The molecule has 4 nitrogen and oxygen atoms in total. The van der Waals surface area contributed by atoms with Crippen LogP contribution in [-0.4, -0.2) is 14.5 Å². The van der Waals surface area contributed by atoms with Crippen molar-refractivity contribution in [3.8, 4) is 28.3 Å². The van der Waals surface area contributed by atoms with E-state index in [1.165, 1.54) is 37.0 Å². The zero-order valence-corrected chi connectivity index (χ0v) is 29.1. The fourth-order valence-electron chi connectivity index (χ4n) is 8.43. The second-order valence-corrected chi connectivity index (χ2v) is 14.8. The van der Waals surface area contributed by atoms with E-state index in [1.54, 1.807) is 11.3 Å². The van der Waals surface area contributed by atoms with Gasteiger partial charge in [-0.15, -0.1) is 11.3 Å². The standard InChI is InChI=1S/C48H27N3OS/c1-2-13-30(14-3-1)44-47-45(37-27-31(23-26-41(37)53-47)34-18-10-19-36-35-17-8-9-20-40(35)52-46(34)36)50-48(49-44)51-38-24-21-28-11-4-6-15-32(28)42(38)43-33-16-7-5-12-29(33)22-25-39(43)51/h1-27H. The van der Waals surface area contributed by atoms with Gasteiger partial charge in [0, 0.05) is 42.8 Å². The zero-order chi connectivity index (χ0) is 34.6. The molecule has 12 rings (SSSR count). The van der Waals surface area contributed by atoms with E-state index in [9.17, 15) is 0 Å². The Hall–Kier alpha value is -6.82. The quantitative estimate of drug-likeness (QED) is 0.185. The van der Waals surface area contributed by atoms with E-state index < -0.39 is 0 Å². The van der Waals surface area contributed by atoms with Crippen molar-refractivity contribution in [3.05, 3.63) is 164 Å². The fraction of sp³-hybridized carbons (Fsp3) is 0. The lowest BCUT2D eigenvalue weighted by molar-refractivity contribution is 0.670. The van der Waals surface area contributed by atoms with E-state index in [-0.39, 0.29) is 0 Å². The lowest BCUT2D eigenvalue weighted by Gasteiger charge is -2.10. The van der Waals surface area contributed by atoms with Crippen LogP contribution in [-0.2, 0) is 0 Å². The van der Waals surface area contributed by atoms with Gasteiger partial charge < -0.3 is 4.42 Å². The van der Waals surface area contributed by atoms with Gasteiger partial charge in [-0.1, -0.05) is 133 Å². The first-order valence-corrected chi connectivity index (χ1v) is 18.6. The fourth-order valence-corrected chi connectivity index (χ4v) is 9.56. The molecule has 12 aromatic rings. The monoisotopic (exact) mass is 693 g/mol. The van der Waals surface area contributed by atoms with Crippen molar-refractivity contribution in [2.45, 2.75) is 0 Å². The van der Waals surface area contributed by atoms with Gasteiger partial charge in [0.15, 0.2) is 0 Å². The van der Waals surface area contributed by atoms with Crippen molar-refractivity contribution < 1.29 is 4.42 Å². The summed E-state index contributed by atoms with van der Waals surface area (Å²) in [6.07, 6.45) is 0. The third kappa shape index (κ3) is 4.11. The van der Waals surface area contributed by atoms with Crippen molar-refractivity contribution >= 4 is 96.9 Å². The second kappa shape index (κ2) is 10.8. The Bertz CT molecular complexity index is 3370. The van der Waals surface area contributed by atoms with Gasteiger partial charge in [0.25, 0.3) is 0 Å². The highest BCUT2D eigenvalue weighted by atomic mass is 32.1. The zero-order valence-electron chi connectivity index (χ0n) is 28.2. The Morgan fingerprint density at radius 1 is 0.491 bits per heavy atom. The van der Waals surface area contributed by atoms with Crippen LogP contribution in [0.1, 0.15) is 0 Å². The summed E-state index contributed by atoms with van der Waals surface area (Å²) in [4.78, 5) is 11.0. The molecule has 0 fully saturated rings. The summed E-state index contributed by atoms with van der Waals surface area (Å²) in [5, 5.41) is 10.7. The van der Waals surface area contributed by atoms with Gasteiger partial charge in [0.1, 0.15) is 11.2 Å². The largest absolute Gasteiger partial charge is 0.455 e. The first kappa shape index (κ1) is 28.8. The molecule has 53 heavy (non-hydrogen) atoms. The molecule has 0 radical (unpaired) electrons. The maximum atomic E-state index is 6.48. The van der Waals surface area contributed by atoms with E-state index in [0.717, 1.165) is 71.0 Å². The molecule has 0 unspecified atom stereocenters. The Labute approximate surface area is 306 Å². The summed E-state index contributed by atoms with van der Waals surface area (Å²) in [6.45, 7) is 0. The number of furan rings is 1. The van der Waals surface area contributed by atoms with Gasteiger partial charge >= 0.3 is 0 Å². The third-order valence-corrected chi connectivity index (χ3v) is 12.0. The average molecular weight is 694 g/mol. The number of thiophene rings is 1. The normalized spacial score (nSPS) is 12.2. The Balaban J connectivity index is 1.19. The highest BCUT2D eigenvalue weighted by Gasteiger charge is 2.22. The first-order valence-electron chi connectivity index (χ1n) is 17.8. The molecule has 8 aromatic carbocycles. The van der Waals surface area contributed by atoms with Crippen LogP contribution in [0.4, 0.5) is 0 Å². The summed E-state index contributed by atoms with van der Waals surface area (Å²) >= 11 is 1.75. The molecule has 5 heteroatoms. The number of nitrogens with zero attached hydrogens (tertiary/aromatic N) is 3. The molecule has 0 N–H and O–H groups in total. The topological polar surface area (TPSA) is 43.9 Å². The van der Waals surface area contributed by atoms with Crippen molar-refractivity contribution in [1.29, 1.82) is 0 Å². The summed E-state index contributed by atoms with van der Waals surface area (Å²) in [6, 6.07) is 58.2. The Morgan fingerprint density at radius 3 is 1.91 bits per heavy atom. The number of para-hydroxylation sites is 2. The average Bonchev–Trinajstić information content (AvgIpc) is 3.90. The molecule has 0 aliphatic carbocycles. The van der Waals surface area contributed by atoms with Crippen molar-refractivity contribution in [1.82, 2.24) is 14.5 Å². The van der Waals surface area contributed by atoms with Crippen LogP contribution in [0.5, 0.6) is 0 Å². The van der Waals surface area contributed by atoms with E-state index in [0.29, 0.717) is 5.95 Å². The molecular weight excluding hydrogens is 667 g/mol. The lowest BCUT2D eigenvalue weighted by atomic mass is 10.00. The molecular formula is C48H27N3OS. The SMILES string of the molecule is c1ccc(-c2nc(-n3c4ccc5ccccc5c4c4c5ccccc5ccc43)nc3c2sc2ccc(-c4cccc5c4oc4ccccc45)cc23)cc1. The number of benzene rings is 8. The lowest BCUT2D eigenvalue weighted by Crippen LogP contribution is -2.02. The predicted octanol–water partition coefficient (Wildman–Crippen LogP) is 13.5. The Kier molecular flexibility index (Phi) is 5.90. The summed E-state index contributed by atoms with van der Waals surface area (Å²) in [7, 11) is 0. The van der Waals surface area contributed by atoms with E-state index >= 15 is 0 Å². The molecule has 0 aliphatic rings. The van der Waals surface area contributed by atoms with Crippen LogP contribution in [0.3, 0.4) is 0 Å². The molecule has 0 atom stereocenters. The van der Waals surface area contributed by atoms with Crippen molar-refractivity contribution in [2.24, 2.45) is 0 Å². The van der Waals surface area contributed by atoms with Crippen LogP contribution in [0.25, 0.3) is 114 Å². The molecule has 0 amide bonds. The van der Waals surface area contributed by atoms with E-state index in [4.69, 9.17) is 14.4 Å². The van der Waals surface area contributed by atoms with Gasteiger partial charge in [-0.2, -0.15) is 0 Å². The van der Waals surface area contributed by atoms with Crippen molar-refractivity contribution in [3.63, 3.8) is 0 Å². The van der Waals surface area contributed by atoms with Gasteiger partial charge in [0.2, 0.25) is 5.95 Å². The number of hydrogen-bond acceptors (Lipinski definition) is 4. The minimum atomic E-state index is 0.659.